The molecule has 1 fully saturated rings. The van der Waals surface area contributed by atoms with Crippen LogP contribution < -0.4 is 10.6 Å². The fraction of sp³-hybridized carbons (Fsp3) is 0.700. The standard InChI is InChI=1S/C10H18N2O2/c1-7(2)14-10-6-11-5-4-9(10)12-8(3)13/h9-11H,1,4-6H2,2-3H3,(H,12,13)/t9-,10-/m1/s1. The van der Waals surface area contributed by atoms with E-state index in [-0.39, 0.29) is 18.1 Å². The average Bonchev–Trinajstić information content (AvgIpc) is 2.06. The van der Waals surface area contributed by atoms with Gasteiger partial charge in [-0.3, -0.25) is 4.79 Å². The van der Waals surface area contributed by atoms with Crippen molar-refractivity contribution in [2.24, 2.45) is 0 Å². The van der Waals surface area contributed by atoms with Gasteiger partial charge >= 0.3 is 0 Å². The van der Waals surface area contributed by atoms with Crippen molar-refractivity contribution in [3.8, 4) is 0 Å². The van der Waals surface area contributed by atoms with Crippen LogP contribution in [0.5, 0.6) is 0 Å². The molecule has 1 amide bonds. The number of allylic oxidation sites excluding steroid dienone is 1. The fourth-order valence-electron chi connectivity index (χ4n) is 1.64. The summed E-state index contributed by atoms with van der Waals surface area (Å²) in [5.74, 6) is 0.682. The number of rotatable bonds is 3. The van der Waals surface area contributed by atoms with Crippen LogP contribution in [0.4, 0.5) is 0 Å². The van der Waals surface area contributed by atoms with Crippen LogP contribution in [0.25, 0.3) is 0 Å². The third-order valence-electron chi connectivity index (χ3n) is 2.17. The SMILES string of the molecule is C=C(C)O[C@@H]1CNCC[C@H]1NC(C)=O. The molecule has 1 rings (SSSR count). The molecule has 0 bridgehead atoms. The number of ether oxygens (including phenoxy) is 1. The second kappa shape index (κ2) is 5.00. The van der Waals surface area contributed by atoms with E-state index in [4.69, 9.17) is 4.74 Å². The molecule has 0 spiro atoms. The molecule has 0 aromatic heterocycles. The van der Waals surface area contributed by atoms with Crippen LogP contribution >= 0.6 is 0 Å². The Labute approximate surface area is 84.7 Å². The average molecular weight is 198 g/mol. The molecule has 2 atom stereocenters. The lowest BCUT2D eigenvalue weighted by molar-refractivity contribution is -0.120. The summed E-state index contributed by atoms with van der Waals surface area (Å²) < 4.78 is 5.53. The number of carbonyl (C=O) groups is 1. The molecule has 1 saturated heterocycles. The minimum Gasteiger partial charge on any atom is -0.492 e. The van der Waals surface area contributed by atoms with Gasteiger partial charge in [-0.2, -0.15) is 0 Å². The van der Waals surface area contributed by atoms with E-state index in [2.05, 4.69) is 17.2 Å². The summed E-state index contributed by atoms with van der Waals surface area (Å²) in [7, 11) is 0. The Morgan fingerprint density at radius 2 is 2.29 bits per heavy atom. The van der Waals surface area contributed by atoms with Gasteiger partial charge in [-0.25, -0.2) is 0 Å². The van der Waals surface area contributed by atoms with E-state index < -0.39 is 0 Å². The highest BCUT2D eigenvalue weighted by Crippen LogP contribution is 2.10. The van der Waals surface area contributed by atoms with Crippen molar-refractivity contribution in [3.05, 3.63) is 12.3 Å². The van der Waals surface area contributed by atoms with Gasteiger partial charge in [0.05, 0.1) is 11.8 Å². The van der Waals surface area contributed by atoms with Crippen molar-refractivity contribution >= 4 is 5.91 Å². The van der Waals surface area contributed by atoms with Gasteiger partial charge in [-0.15, -0.1) is 0 Å². The summed E-state index contributed by atoms with van der Waals surface area (Å²) in [4.78, 5) is 10.9. The van der Waals surface area contributed by atoms with Crippen LogP contribution in [0.15, 0.2) is 12.3 Å². The zero-order valence-corrected chi connectivity index (χ0v) is 8.80. The summed E-state index contributed by atoms with van der Waals surface area (Å²) in [5, 5.41) is 6.12. The number of hydrogen-bond acceptors (Lipinski definition) is 3. The first kappa shape index (κ1) is 11.0. The summed E-state index contributed by atoms with van der Waals surface area (Å²) >= 11 is 0. The van der Waals surface area contributed by atoms with Crippen molar-refractivity contribution in [3.63, 3.8) is 0 Å². The topological polar surface area (TPSA) is 50.4 Å². The molecule has 0 aromatic carbocycles. The number of nitrogens with one attached hydrogen (secondary N) is 2. The van der Waals surface area contributed by atoms with Crippen LogP contribution in [-0.4, -0.2) is 31.1 Å². The number of amides is 1. The lowest BCUT2D eigenvalue weighted by atomic mass is 10.0. The molecule has 0 aliphatic carbocycles. The zero-order chi connectivity index (χ0) is 10.6. The van der Waals surface area contributed by atoms with E-state index in [0.717, 1.165) is 19.5 Å². The second-order valence-corrected chi connectivity index (χ2v) is 3.66. The summed E-state index contributed by atoms with van der Waals surface area (Å²) in [6, 6.07) is 0.102. The summed E-state index contributed by atoms with van der Waals surface area (Å²) in [5.41, 5.74) is 0. The van der Waals surface area contributed by atoms with Crippen LogP contribution in [0.2, 0.25) is 0 Å². The first-order valence-electron chi connectivity index (χ1n) is 4.89. The Hall–Kier alpha value is -1.03. The van der Waals surface area contributed by atoms with Gasteiger partial charge in [0.1, 0.15) is 6.10 Å². The van der Waals surface area contributed by atoms with E-state index in [9.17, 15) is 4.79 Å². The number of carbonyl (C=O) groups excluding carboxylic acids is 1. The third kappa shape index (κ3) is 3.38. The molecule has 1 aliphatic rings. The van der Waals surface area contributed by atoms with Crippen molar-refractivity contribution in [2.45, 2.75) is 32.4 Å². The molecule has 4 heteroatoms. The maximum Gasteiger partial charge on any atom is 0.217 e. The molecule has 80 valence electrons. The number of piperidine rings is 1. The Kier molecular flexibility index (Phi) is 3.95. The maximum atomic E-state index is 10.9. The molecule has 0 saturated carbocycles. The van der Waals surface area contributed by atoms with Crippen molar-refractivity contribution in [1.82, 2.24) is 10.6 Å². The lowest BCUT2D eigenvalue weighted by Crippen LogP contribution is -2.53. The molecule has 14 heavy (non-hydrogen) atoms. The van der Waals surface area contributed by atoms with Crippen LogP contribution in [0.1, 0.15) is 20.3 Å². The highest BCUT2D eigenvalue weighted by atomic mass is 16.5. The van der Waals surface area contributed by atoms with Crippen LogP contribution in [-0.2, 0) is 9.53 Å². The summed E-state index contributed by atoms with van der Waals surface area (Å²) in [6.45, 7) is 8.73. The normalized spacial score (nSPS) is 26.7. The Bertz CT molecular complexity index is 204. The molecule has 0 aromatic rings. The third-order valence-corrected chi connectivity index (χ3v) is 2.17. The molecule has 1 heterocycles. The minimum absolute atomic E-state index is 0.00477. The molecule has 4 nitrogen and oxygen atoms in total. The highest BCUT2D eigenvalue weighted by Gasteiger charge is 2.26. The van der Waals surface area contributed by atoms with Gasteiger partial charge in [0.25, 0.3) is 0 Å². The van der Waals surface area contributed by atoms with Gasteiger partial charge in [-0.05, 0) is 19.9 Å². The molecular formula is C10H18N2O2. The smallest absolute Gasteiger partial charge is 0.217 e. The maximum absolute atomic E-state index is 10.9. The number of hydrogen-bond donors (Lipinski definition) is 2. The Morgan fingerprint density at radius 1 is 1.57 bits per heavy atom. The lowest BCUT2D eigenvalue weighted by Gasteiger charge is -2.32. The minimum atomic E-state index is -0.00721. The van der Waals surface area contributed by atoms with E-state index in [1.165, 1.54) is 6.92 Å². The monoisotopic (exact) mass is 198 g/mol. The molecular weight excluding hydrogens is 180 g/mol. The fourth-order valence-corrected chi connectivity index (χ4v) is 1.64. The first-order chi connectivity index (χ1) is 6.59. The van der Waals surface area contributed by atoms with E-state index in [0.29, 0.717) is 5.76 Å². The van der Waals surface area contributed by atoms with Crippen molar-refractivity contribution in [2.75, 3.05) is 13.1 Å². The van der Waals surface area contributed by atoms with E-state index in [1.807, 2.05) is 6.92 Å². The first-order valence-corrected chi connectivity index (χ1v) is 4.89. The molecule has 0 unspecified atom stereocenters. The largest absolute Gasteiger partial charge is 0.492 e. The predicted molar refractivity (Wildman–Crippen MR) is 54.8 cm³/mol. The molecule has 2 N–H and O–H groups in total. The summed E-state index contributed by atoms with van der Waals surface area (Å²) in [6.07, 6.45) is 0.905. The quantitative estimate of drug-likeness (QED) is 0.645. The molecule has 0 radical (unpaired) electrons. The van der Waals surface area contributed by atoms with Gasteiger partial charge < -0.3 is 15.4 Å². The molecule has 1 aliphatic heterocycles. The van der Waals surface area contributed by atoms with Gasteiger partial charge in [-0.1, -0.05) is 6.58 Å². The predicted octanol–water partition coefficient (Wildman–Crippen LogP) is 0.403. The van der Waals surface area contributed by atoms with Gasteiger partial charge in [0.15, 0.2) is 0 Å². The zero-order valence-electron chi connectivity index (χ0n) is 8.80. The van der Waals surface area contributed by atoms with Gasteiger partial charge in [0.2, 0.25) is 5.91 Å². The second-order valence-electron chi connectivity index (χ2n) is 3.66. The van der Waals surface area contributed by atoms with Gasteiger partial charge in [0, 0.05) is 13.5 Å². The van der Waals surface area contributed by atoms with E-state index >= 15 is 0 Å². The van der Waals surface area contributed by atoms with Crippen LogP contribution in [0, 0.1) is 0 Å². The Morgan fingerprint density at radius 3 is 2.86 bits per heavy atom. The van der Waals surface area contributed by atoms with Crippen molar-refractivity contribution < 1.29 is 9.53 Å². The van der Waals surface area contributed by atoms with Crippen LogP contribution in [0.3, 0.4) is 0 Å². The Balaban J connectivity index is 2.49. The van der Waals surface area contributed by atoms with Crippen molar-refractivity contribution in [1.29, 1.82) is 0 Å². The highest BCUT2D eigenvalue weighted by molar-refractivity contribution is 5.73. The van der Waals surface area contributed by atoms with E-state index in [1.54, 1.807) is 0 Å².